The van der Waals surface area contributed by atoms with Crippen LogP contribution in [0.3, 0.4) is 0 Å². The molecule has 0 saturated heterocycles. The standard InChI is InChI=1S/C15H22N2O3/c1-10(2)8-16-14(19)9-17(4)15(20)12-7-11(3)5-6-13(12)18/h5-7,10,18H,8-9H2,1-4H3,(H,16,19). The van der Waals surface area contributed by atoms with Gasteiger partial charge in [0.05, 0.1) is 12.1 Å². The number of likely N-dealkylation sites (N-methyl/N-ethyl adjacent to an activating group) is 1. The molecule has 1 aromatic carbocycles. The first-order chi connectivity index (χ1) is 9.31. The van der Waals surface area contributed by atoms with E-state index in [0.717, 1.165) is 5.56 Å². The summed E-state index contributed by atoms with van der Waals surface area (Å²) in [6.45, 7) is 6.39. The molecule has 0 aliphatic carbocycles. The molecule has 0 aromatic heterocycles. The Morgan fingerprint density at radius 2 is 2.00 bits per heavy atom. The molecular weight excluding hydrogens is 256 g/mol. The number of hydrogen-bond acceptors (Lipinski definition) is 3. The number of hydrogen-bond donors (Lipinski definition) is 2. The van der Waals surface area contributed by atoms with Crippen molar-refractivity contribution in [1.29, 1.82) is 0 Å². The number of phenolic OH excluding ortho intramolecular Hbond substituents is 1. The topological polar surface area (TPSA) is 69.6 Å². The Morgan fingerprint density at radius 1 is 1.35 bits per heavy atom. The Hall–Kier alpha value is -2.04. The van der Waals surface area contributed by atoms with E-state index in [1.165, 1.54) is 11.0 Å². The molecule has 0 radical (unpaired) electrons. The van der Waals surface area contributed by atoms with E-state index < -0.39 is 0 Å². The molecule has 20 heavy (non-hydrogen) atoms. The van der Waals surface area contributed by atoms with Gasteiger partial charge in [-0.05, 0) is 25.0 Å². The number of amides is 2. The molecule has 1 rings (SSSR count). The van der Waals surface area contributed by atoms with Crippen molar-refractivity contribution in [1.82, 2.24) is 10.2 Å². The van der Waals surface area contributed by atoms with Crippen LogP contribution in [0.1, 0.15) is 29.8 Å². The Kier molecular flexibility index (Phi) is 5.55. The monoisotopic (exact) mass is 278 g/mol. The van der Waals surface area contributed by atoms with Gasteiger partial charge in [0.15, 0.2) is 0 Å². The Morgan fingerprint density at radius 3 is 2.60 bits per heavy atom. The second kappa shape index (κ2) is 6.93. The molecule has 5 nitrogen and oxygen atoms in total. The number of carbonyl (C=O) groups excluding carboxylic acids is 2. The molecule has 0 aliphatic heterocycles. The lowest BCUT2D eigenvalue weighted by Gasteiger charge is -2.18. The molecule has 110 valence electrons. The highest BCUT2D eigenvalue weighted by molar-refractivity contribution is 5.98. The second-order valence-electron chi connectivity index (χ2n) is 5.38. The van der Waals surface area contributed by atoms with Gasteiger partial charge in [0.2, 0.25) is 5.91 Å². The molecular formula is C15H22N2O3. The van der Waals surface area contributed by atoms with E-state index in [9.17, 15) is 14.7 Å². The van der Waals surface area contributed by atoms with Crippen LogP contribution in [0.5, 0.6) is 5.75 Å². The lowest BCUT2D eigenvalue weighted by molar-refractivity contribution is -0.121. The Balaban J connectivity index is 2.67. The molecule has 0 saturated carbocycles. The van der Waals surface area contributed by atoms with Gasteiger partial charge in [-0.1, -0.05) is 25.5 Å². The van der Waals surface area contributed by atoms with E-state index >= 15 is 0 Å². The summed E-state index contributed by atoms with van der Waals surface area (Å²) in [5, 5.41) is 12.5. The van der Waals surface area contributed by atoms with Gasteiger partial charge in [-0.15, -0.1) is 0 Å². The van der Waals surface area contributed by atoms with Crippen molar-refractivity contribution in [3.05, 3.63) is 29.3 Å². The molecule has 0 bridgehead atoms. The fraction of sp³-hybridized carbons (Fsp3) is 0.467. The number of benzene rings is 1. The number of nitrogens with zero attached hydrogens (tertiary/aromatic N) is 1. The Labute approximate surface area is 119 Å². The van der Waals surface area contributed by atoms with E-state index in [-0.39, 0.29) is 29.7 Å². The minimum atomic E-state index is -0.370. The lowest BCUT2D eigenvalue weighted by Crippen LogP contribution is -2.39. The van der Waals surface area contributed by atoms with Gasteiger partial charge in [0, 0.05) is 13.6 Å². The highest BCUT2D eigenvalue weighted by atomic mass is 16.3. The minimum absolute atomic E-state index is 0.0288. The summed E-state index contributed by atoms with van der Waals surface area (Å²) in [5.41, 5.74) is 1.09. The number of aromatic hydroxyl groups is 1. The smallest absolute Gasteiger partial charge is 0.257 e. The zero-order valence-electron chi connectivity index (χ0n) is 12.4. The van der Waals surface area contributed by atoms with E-state index in [1.54, 1.807) is 19.2 Å². The first-order valence-corrected chi connectivity index (χ1v) is 6.63. The van der Waals surface area contributed by atoms with Crippen LogP contribution in [-0.2, 0) is 4.79 Å². The molecule has 0 aliphatic rings. The summed E-state index contributed by atoms with van der Waals surface area (Å²) in [6.07, 6.45) is 0. The number of nitrogens with one attached hydrogen (secondary N) is 1. The van der Waals surface area contributed by atoms with Crippen molar-refractivity contribution >= 4 is 11.8 Å². The number of carbonyl (C=O) groups is 2. The maximum absolute atomic E-state index is 12.2. The largest absolute Gasteiger partial charge is 0.507 e. The highest BCUT2D eigenvalue weighted by Crippen LogP contribution is 2.19. The summed E-state index contributed by atoms with van der Waals surface area (Å²) < 4.78 is 0. The van der Waals surface area contributed by atoms with Gasteiger partial charge < -0.3 is 15.3 Å². The molecule has 0 fully saturated rings. The number of rotatable bonds is 5. The molecule has 0 unspecified atom stereocenters. The van der Waals surface area contributed by atoms with Crippen molar-refractivity contribution in [2.24, 2.45) is 5.92 Å². The van der Waals surface area contributed by atoms with Crippen molar-refractivity contribution in [2.45, 2.75) is 20.8 Å². The normalized spacial score (nSPS) is 10.4. The second-order valence-corrected chi connectivity index (χ2v) is 5.38. The summed E-state index contributed by atoms with van der Waals surface area (Å²) >= 11 is 0. The summed E-state index contributed by atoms with van der Waals surface area (Å²) in [5.74, 6) is -0.289. The molecule has 0 heterocycles. The molecule has 2 amide bonds. The third-order valence-electron chi connectivity index (χ3n) is 2.82. The Bertz CT molecular complexity index is 498. The van der Waals surface area contributed by atoms with Gasteiger partial charge in [0.25, 0.3) is 5.91 Å². The first-order valence-electron chi connectivity index (χ1n) is 6.63. The van der Waals surface area contributed by atoms with Gasteiger partial charge in [0.1, 0.15) is 5.75 Å². The SMILES string of the molecule is Cc1ccc(O)c(C(=O)N(C)CC(=O)NCC(C)C)c1. The van der Waals surface area contributed by atoms with Crippen LogP contribution in [-0.4, -0.2) is 42.0 Å². The quantitative estimate of drug-likeness (QED) is 0.858. The molecule has 1 aromatic rings. The van der Waals surface area contributed by atoms with E-state index in [0.29, 0.717) is 12.5 Å². The van der Waals surface area contributed by atoms with Crippen LogP contribution in [0.15, 0.2) is 18.2 Å². The average molecular weight is 278 g/mol. The van der Waals surface area contributed by atoms with E-state index in [2.05, 4.69) is 5.32 Å². The molecule has 2 N–H and O–H groups in total. The average Bonchev–Trinajstić information content (AvgIpc) is 2.38. The predicted octanol–water partition coefficient (Wildman–Crippen LogP) is 1.54. The van der Waals surface area contributed by atoms with Gasteiger partial charge >= 0.3 is 0 Å². The maximum Gasteiger partial charge on any atom is 0.257 e. The zero-order chi connectivity index (χ0) is 15.3. The minimum Gasteiger partial charge on any atom is -0.507 e. The van der Waals surface area contributed by atoms with Crippen LogP contribution in [0.25, 0.3) is 0 Å². The van der Waals surface area contributed by atoms with E-state index in [4.69, 9.17) is 0 Å². The highest BCUT2D eigenvalue weighted by Gasteiger charge is 2.18. The van der Waals surface area contributed by atoms with Crippen LogP contribution in [0.2, 0.25) is 0 Å². The third kappa shape index (κ3) is 4.57. The van der Waals surface area contributed by atoms with Crippen LogP contribution in [0.4, 0.5) is 0 Å². The lowest BCUT2D eigenvalue weighted by atomic mass is 10.1. The fourth-order valence-corrected chi connectivity index (χ4v) is 1.69. The zero-order valence-corrected chi connectivity index (χ0v) is 12.4. The van der Waals surface area contributed by atoms with Crippen LogP contribution >= 0.6 is 0 Å². The van der Waals surface area contributed by atoms with Gasteiger partial charge in [-0.3, -0.25) is 9.59 Å². The van der Waals surface area contributed by atoms with Gasteiger partial charge in [-0.2, -0.15) is 0 Å². The summed E-state index contributed by atoms with van der Waals surface area (Å²) in [7, 11) is 1.54. The maximum atomic E-state index is 12.2. The van der Waals surface area contributed by atoms with Crippen molar-refractivity contribution in [3.63, 3.8) is 0 Å². The molecule has 5 heteroatoms. The van der Waals surface area contributed by atoms with Crippen LogP contribution < -0.4 is 5.32 Å². The van der Waals surface area contributed by atoms with Gasteiger partial charge in [-0.25, -0.2) is 0 Å². The third-order valence-corrected chi connectivity index (χ3v) is 2.82. The number of phenols is 1. The van der Waals surface area contributed by atoms with Crippen molar-refractivity contribution < 1.29 is 14.7 Å². The first kappa shape index (κ1) is 16.0. The van der Waals surface area contributed by atoms with Crippen molar-refractivity contribution in [2.75, 3.05) is 20.1 Å². The fourth-order valence-electron chi connectivity index (χ4n) is 1.69. The van der Waals surface area contributed by atoms with E-state index in [1.807, 2.05) is 20.8 Å². The number of aryl methyl sites for hydroxylation is 1. The summed E-state index contributed by atoms with van der Waals surface area (Å²) in [6, 6.07) is 4.82. The molecule has 0 spiro atoms. The summed E-state index contributed by atoms with van der Waals surface area (Å²) in [4.78, 5) is 25.2. The van der Waals surface area contributed by atoms with Crippen LogP contribution in [0, 0.1) is 12.8 Å². The predicted molar refractivity (Wildman–Crippen MR) is 77.7 cm³/mol. The van der Waals surface area contributed by atoms with Crippen molar-refractivity contribution in [3.8, 4) is 5.75 Å². The molecule has 0 atom stereocenters.